The van der Waals surface area contributed by atoms with Crippen LogP contribution < -0.4 is 5.73 Å². The maximum absolute atomic E-state index is 13.7. The van der Waals surface area contributed by atoms with E-state index in [0.29, 0.717) is 30.5 Å². The summed E-state index contributed by atoms with van der Waals surface area (Å²) in [5.74, 6) is -1.59. The number of benzene rings is 1. The van der Waals surface area contributed by atoms with Crippen LogP contribution in [-0.2, 0) is 6.42 Å². The van der Waals surface area contributed by atoms with Gasteiger partial charge in [-0.15, -0.1) is 0 Å². The molecule has 0 aliphatic carbocycles. The van der Waals surface area contributed by atoms with Gasteiger partial charge in [-0.2, -0.15) is 0 Å². The number of rotatable bonds is 4. The molecule has 1 aromatic carbocycles. The minimum absolute atomic E-state index is 0.0755. The van der Waals surface area contributed by atoms with Crippen molar-refractivity contribution in [2.75, 3.05) is 6.54 Å². The van der Waals surface area contributed by atoms with Crippen LogP contribution >= 0.6 is 0 Å². The highest BCUT2D eigenvalue weighted by Gasteiger charge is 2.13. The number of halogens is 1. The van der Waals surface area contributed by atoms with E-state index in [1.165, 1.54) is 18.2 Å². The maximum atomic E-state index is 13.7. The molecule has 4 nitrogen and oxygen atoms in total. The molecule has 1 aromatic heterocycles. The van der Waals surface area contributed by atoms with Crippen LogP contribution in [0, 0.1) is 5.82 Å². The van der Waals surface area contributed by atoms with Crippen LogP contribution in [0.15, 0.2) is 24.3 Å². The molecule has 2 rings (SSSR count). The first-order chi connectivity index (χ1) is 8.63. The van der Waals surface area contributed by atoms with Crippen molar-refractivity contribution >= 4 is 16.9 Å². The van der Waals surface area contributed by atoms with Crippen LogP contribution in [0.1, 0.15) is 22.5 Å². The second-order valence-corrected chi connectivity index (χ2v) is 3.99. The Bertz CT molecular complexity index is 599. The lowest BCUT2D eigenvalue weighted by Crippen LogP contribution is -2.05. The molecule has 0 aliphatic rings. The number of aryl methyl sites for hydroxylation is 1. The Labute approximate surface area is 103 Å². The number of carboxylic acid groups (broad SMARTS) is 1. The number of carbonyl (C=O) groups is 1. The molecule has 0 spiro atoms. The van der Waals surface area contributed by atoms with Crippen molar-refractivity contribution in [1.29, 1.82) is 0 Å². The van der Waals surface area contributed by atoms with Gasteiger partial charge in [0, 0.05) is 11.1 Å². The molecule has 94 valence electrons. The predicted molar refractivity (Wildman–Crippen MR) is 66.0 cm³/mol. The molecule has 2 aromatic rings. The zero-order valence-electron chi connectivity index (χ0n) is 9.69. The molecule has 0 saturated heterocycles. The Kier molecular flexibility index (Phi) is 3.53. The first kappa shape index (κ1) is 12.4. The summed E-state index contributed by atoms with van der Waals surface area (Å²) in [6.07, 6.45) is 1.23. The number of nitrogens with zero attached hydrogens (tertiary/aromatic N) is 1. The van der Waals surface area contributed by atoms with Crippen LogP contribution in [0.5, 0.6) is 0 Å². The van der Waals surface area contributed by atoms with Crippen molar-refractivity contribution in [3.8, 4) is 0 Å². The van der Waals surface area contributed by atoms with Crippen LogP contribution in [-0.4, -0.2) is 22.6 Å². The lowest BCUT2D eigenvalue weighted by Gasteiger charge is -2.07. The van der Waals surface area contributed by atoms with Crippen molar-refractivity contribution in [2.24, 2.45) is 5.73 Å². The highest BCUT2D eigenvalue weighted by molar-refractivity contribution is 6.02. The lowest BCUT2D eigenvalue weighted by molar-refractivity contribution is 0.0699. The number of nitrogens with two attached hydrogens (primary N) is 1. The van der Waals surface area contributed by atoms with Gasteiger partial charge in [0.1, 0.15) is 11.3 Å². The van der Waals surface area contributed by atoms with Crippen LogP contribution in [0.4, 0.5) is 4.39 Å². The van der Waals surface area contributed by atoms with Gasteiger partial charge in [0.15, 0.2) is 0 Å². The third-order valence-corrected chi connectivity index (χ3v) is 2.71. The number of aromatic nitrogens is 1. The van der Waals surface area contributed by atoms with Gasteiger partial charge < -0.3 is 10.8 Å². The van der Waals surface area contributed by atoms with Gasteiger partial charge in [-0.25, -0.2) is 14.2 Å². The summed E-state index contributed by atoms with van der Waals surface area (Å²) >= 11 is 0. The van der Waals surface area contributed by atoms with Crippen molar-refractivity contribution in [1.82, 2.24) is 4.98 Å². The number of aromatic carboxylic acids is 1. The van der Waals surface area contributed by atoms with E-state index in [9.17, 15) is 9.18 Å². The normalized spacial score (nSPS) is 10.8. The average molecular weight is 248 g/mol. The molecular weight excluding hydrogens is 235 g/mol. The molecule has 0 fully saturated rings. The second-order valence-electron chi connectivity index (χ2n) is 3.99. The molecule has 0 atom stereocenters. The van der Waals surface area contributed by atoms with Crippen molar-refractivity contribution < 1.29 is 14.3 Å². The minimum atomic E-state index is -1.08. The zero-order valence-corrected chi connectivity index (χ0v) is 9.69. The highest BCUT2D eigenvalue weighted by atomic mass is 19.1. The summed E-state index contributed by atoms with van der Waals surface area (Å²) in [6, 6.07) is 5.79. The fourth-order valence-electron chi connectivity index (χ4n) is 1.85. The van der Waals surface area contributed by atoms with E-state index >= 15 is 0 Å². The molecule has 5 heteroatoms. The van der Waals surface area contributed by atoms with E-state index in [1.807, 2.05) is 0 Å². The smallest absolute Gasteiger partial charge is 0.336 e. The monoisotopic (exact) mass is 248 g/mol. The topological polar surface area (TPSA) is 76.2 Å². The first-order valence-corrected chi connectivity index (χ1v) is 5.65. The van der Waals surface area contributed by atoms with Crippen molar-refractivity contribution in [3.05, 3.63) is 41.3 Å². The summed E-state index contributed by atoms with van der Waals surface area (Å²) in [4.78, 5) is 15.3. The number of pyridine rings is 1. The zero-order chi connectivity index (χ0) is 13.1. The number of fused-ring (bicyclic) bond motifs is 1. The van der Waals surface area contributed by atoms with Crippen molar-refractivity contribution in [2.45, 2.75) is 12.8 Å². The lowest BCUT2D eigenvalue weighted by atomic mass is 10.1. The molecule has 0 radical (unpaired) electrons. The standard InChI is InChI=1S/C13H13FN2O2/c14-11-5-1-4-9-10(13(17)18)7-8(3-2-6-15)16-12(9)11/h1,4-5,7H,2-3,6,15H2,(H,17,18). The van der Waals surface area contributed by atoms with Crippen molar-refractivity contribution in [3.63, 3.8) is 0 Å². The Morgan fingerprint density at radius 3 is 2.89 bits per heavy atom. The number of carboxylic acids is 1. The minimum Gasteiger partial charge on any atom is -0.478 e. The molecule has 1 heterocycles. The Morgan fingerprint density at radius 1 is 1.44 bits per heavy atom. The van der Waals surface area contributed by atoms with Crippen LogP contribution in [0.25, 0.3) is 10.9 Å². The Balaban J connectivity index is 2.63. The summed E-state index contributed by atoms with van der Waals surface area (Å²) in [7, 11) is 0. The first-order valence-electron chi connectivity index (χ1n) is 5.65. The maximum Gasteiger partial charge on any atom is 0.336 e. The molecule has 18 heavy (non-hydrogen) atoms. The predicted octanol–water partition coefficient (Wildman–Crippen LogP) is 1.96. The summed E-state index contributed by atoms with van der Waals surface area (Å²) in [5.41, 5.74) is 6.13. The quantitative estimate of drug-likeness (QED) is 0.867. The highest BCUT2D eigenvalue weighted by Crippen LogP contribution is 2.21. The molecule has 0 bridgehead atoms. The Morgan fingerprint density at radius 2 is 2.22 bits per heavy atom. The van der Waals surface area contributed by atoms with E-state index < -0.39 is 11.8 Å². The Hall–Kier alpha value is -2.01. The van der Waals surface area contributed by atoms with E-state index in [2.05, 4.69) is 4.98 Å². The summed E-state index contributed by atoms with van der Waals surface area (Å²) in [6.45, 7) is 0.486. The average Bonchev–Trinajstić information content (AvgIpc) is 2.36. The van der Waals surface area contributed by atoms with Crippen LogP contribution in [0.3, 0.4) is 0 Å². The van der Waals surface area contributed by atoms with E-state index in [1.54, 1.807) is 6.07 Å². The van der Waals surface area contributed by atoms with Gasteiger partial charge in [-0.05, 0) is 31.5 Å². The third kappa shape index (κ3) is 2.31. The van der Waals surface area contributed by atoms with Gasteiger partial charge in [0.05, 0.1) is 5.56 Å². The second kappa shape index (κ2) is 5.10. The summed E-state index contributed by atoms with van der Waals surface area (Å²) in [5, 5.41) is 9.47. The SMILES string of the molecule is NCCCc1cc(C(=O)O)c2cccc(F)c2n1. The van der Waals surface area contributed by atoms with Gasteiger partial charge in [0.2, 0.25) is 0 Å². The number of para-hydroxylation sites is 1. The molecular formula is C13H13FN2O2. The van der Waals surface area contributed by atoms with E-state index in [-0.39, 0.29) is 11.1 Å². The molecule has 0 saturated carbocycles. The fourth-order valence-corrected chi connectivity index (χ4v) is 1.85. The molecule has 0 amide bonds. The third-order valence-electron chi connectivity index (χ3n) is 2.71. The largest absolute Gasteiger partial charge is 0.478 e. The van der Waals surface area contributed by atoms with Crippen LogP contribution in [0.2, 0.25) is 0 Å². The van der Waals surface area contributed by atoms with E-state index in [0.717, 1.165) is 0 Å². The number of hydrogen-bond donors (Lipinski definition) is 2. The fraction of sp³-hybridized carbons (Fsp3) is 0.231. The van der Waals surface area contributed by atoms with Gasteiger partial charge in [-0.1, -0.05) is 12.1 Å². The summed E-state index contributed by atoms with van der Waals surface area (Å²) < 4.78 is 13.7. The van der Waals surface area contributed by atoms with Gasteiger partial charge in [0.25, 0.3) is 0 Å². The van der Waals surface area contributed by atoms with Gasteiger partial charge in [-0.3, -0.25) is 0 Å². The number of hydrogen-bond acceptors (Lipinski definition) is 3. The molecule has 0 aliphatic heterocycles. The molecule has 0 unspecified atom stereocenters. The van der Waals surface area contributed by atoms with E-state index in [4.69, 9.17) is 10.8 Å². The molecule has 3 N–H and O–H groups in total. The van der Waals surface area contributed by atoms with Gasteiger partial charge >= 0.3 is 5.97 Å².